The predicted octanol–water partition coefficient (Wildman–Crippen LogP) is 5.15. The molecule has 1 unspecified atom stereocenters. The van der Waals surface area contributed by atoms with Gasteiger partial charge in [0.1, 0.15) is 0 Å². The molecule has 0 bridgehead atoms. The van der Waals surface area contributed by atoms with Crippen LogP contribution in [0.25, 0.3) is 0 Å². The fourth-order valence-electron chi connectivity index (χ4n) is 1.43. The van der Waals surface area contributed by atoms with Crippen molar-refractivity contribution in [2.24, 2.45) is 0 Å². The van der Waals surface area contributed by atoms with Gasteiger partial charge in [0, 0.05) is 9.35 Å². The van der Waals surface area contributed by atoms with Gasteiger partial charge in [-0.25, -0.2) is 0 Å². The summed E-state index contributed by atoms with van der Waals surface area (Å²) in [4.78, 5) is 1.19. The van der Waals surface area contributed by atoms with Gasteiger partial charge in [-0.2, -0.15) is 0 Å². The molecule has 0 saturated heterocycles. The molecular formula is C12H10BrClS. The SMILES string of the molecule is Cc1cc(C(Cl)c2cccs2)ccc1Br. The zero-order valence-electron chi connectivity index (χ0n) is 8.21. The Balaban J connectivity index is 2.34. The number of alkyl halides is 1. The maximum atomic E-state index is 6.39. The molecule has 0 radical (unpaired) electrons. The van der Waals surface area contributed by atoms with Crippen LogP contribution in [0.1, 0.15) is 21.4 Å². The highest BCUT2D eigenvalue weighted by molar-refractivity contribution is 9.10. The van der Waals surface area contributed by atoms with E-state index in [-0.39, 0.29) is 5.38 Å². The third kappa shape index (κ3) is 2.44. The van der Waals surface area contributed by atoms with Crippen LogP contribution in [0.5, 0.6) is 0 Å². The molecule has 0 fully saturated rings. The van der Waals surface area contributed by atoms with E-state index >= 15 is 0 Å². The molecule has 0 aliphatic heterocycles. The van der Waals surface area contributed by atoms with Gasteiger partial charge in [0.25, 0.3) is 0 Å². The van der Waals surface area contributed by atoms with Gasteiger partial charge < -0.3 is 0 Å². The maximum Gasteiger partial charge on any atom is 0.0927 e. The van der Waals surface area contributed by atoms with E-state index in [9.17, 15) is 0 Å². The summed E-state index contributed by atoms with van der Waals surface area (Å²) in [6.45, 7) is 2.08. The Hall–Kier alpha value is -0.310. The summed E-state index contributed by atoms with van der Waals surface area (Å²) >= 11 is 11.6. The normalized spacial score (nSPS) is 12.7. The summed E-state index contributed by atoms with van der Waals surface area (Å²) < 4.78 is 1.13. The van der Waals surface area contributed by atoms with Crippen molar-refractivity contribution >= 4 is 38.9 Å². The summed E-state index contributed by atoms with van der Waals surface area (Å²) in [5.74, 6) is 0. The molecule has 1 aromatic carbocycles. The summed E-state index contributed by atoms with van der Waals surface area (Å²) in [5.41, 5.74) is 2.37. The number of hydrogen-bond acceptors (Lipinski definition) is 1. The Bertz CT molecular complexity index is 451. The first-order valence-electron chi connectivity index (χ1n) is 4.62. The molecule has 0 aliphatic carbocycles. The average Bonchev–Trinajstić information content (AvgIpc) is 2.74. The van der Waals surface area contributed by atoms with Crippen LogP contribution >= 0.6 is 38.9 Å². The first kappa shape index (κ1) is 11.2. The van der Waals surface area contributed by atoms with Crippen LogP contribution in [0.4, 0.5) is 0 Å². The quantitative estimate of drug-likeness (QED) is 0.673. The molecule has 1 heterocycles. The van der Waals surface area contributed by atoms with Crippen molar-refractivity contribution < 1.29 is 0 Å². The van der Waals surface area contributed by atoms with E-state index in [1.54, 1.807) is 11.3 Å². The van der Waals surface area contributed by atoms with Crippen LogP contribution < -0.4 is 0 Å². The Morgan fingerprint density at radius 2 is 2.13 bits per heavy atom. The van der Waals surface area contributed by atoms with Gasteiger partial charge in [-0.05, 0) is 35.6 Å². The summed E-state index contributed by atoms with van der Waals surface area (Å²) in [5, 5.41) is 2.02. The number of aryl methyl sites for hydroxylation is 1. The van der Waals surface area contributed by atoms with Crippen molar-refractivity contribution in [2.45, 2.75) is 12.3 Å². The van der Waals surface area contributed by atoms with E-state index in [1.165, 1.54) is 10.4 Å². The lowest BCUT2D eigenvalue weighted by atomic mass is 10.1. The zero-order chi connectivity index (χ0) is 10.8. The van der Waals surface area contributed by atoms with Crippen LogP contribution in [0, 0.1) is 6.92 Å². The maximum absolute atomic E-state index is 6.39. The highest BCUT2D eigenvalue weighted by Gasteiger charge is 2.12. The molecule has 0 N–H and O–H groups in total. The fraction of sp³-hybridized carbons (Fsp3) is 0.167. The molecule has 0 nitrogen and oxygen atoms in total. The van der Waals surface area contributed by atoms with Gasteiger partial charge >= 0.3 is 0 Å². The van der Waals surface area contributed by atoms with E-state index < -0.39 is 0 Å². The van der Waals surface area contributed by atoms with Crippen molar-refractivity contribution in [3.63, 3.8) is 0 Å². The van der Waals surface area contributed by atoms with Gasteiger partial charge in [-0.1, -0.05) is 34.1 Å². The molecule has 15 heavy (non-hydrogen) atoms. The first-order chi connectivity index (χ1) is 7.18. The second-order valence-electron chi connectivity index (χ2n) is 3.39. The van der Waals surface area contributed by atoms with Gasteiger partial charge in [0.15, 0.2) is 0 Å². The number of benzene rings is 1. The number of hydrogen-bond donors (Lipinski definition) is 0. The molecular weight excluding hydrogens is 292 g/mol. The lowest BCUT2D eigenvalue weighted by Gasteiger charge is -2.09. The van der Waals surface area contributed by atoms with Gasteiger partial charge in [0.2, 0.25) is 0 Å². The van der Waals surface area contributed by atoms with E-state index in [4.69, 9.17) is 11.6 Å². The molecule has 0 aliphatic rings. The van der Waals surface area contributed by atoms with Crippen molar-refractivity contribution in [2.75, 3.05) is 0 Å². The first-order valence-corrected chi connectivity index (χ1v) is 6.73. The predicted molar refractivity (Wildman–Crippen MR) is 70.9 cm³/mol. The Kier molecular flexibility index (Phi) is 3.49. The van der Waals surface area contributed by atoms with Crippen molar-refractivity contribution in [3.05, 3.63) is 56.2 Å². The lowest BCUT2D eigenvalue weighted by Crippen LogP contribution is -1.91. The minimum atomic E-state index is -0.0307. The monoisotopic (exact) mass is 300 g/mol. The summed E-state index contributed by atoms with van der Waals surface area (Å²) in [7, 11) is 0. The van der Waals surface area contributed by atoms with Crippen molar-refractivity contribution in [3.8, 4) is 0 Å². The Morgan fingerprint density at radius 1 is 1.33 bits per heavy atom. The average molecular weight is 302 g/mol. The molecule has 0 spiro atoms. The zero-order valence-corrected chi connectivity index (χ0v) is 11.4. The smallest absolute Gasteiger partial charge is 0.0927 e. The third-order valence-electron chi connectivity index (χ3n) is 2.27. The Morgan fingerprint density at radius 3 is 2.73 bits per heavy atom. The van der Waals surface area contributed by atoms with E-state index in [0.29, 0.717) is 0 Å². The third-order valence-corrected chi connectivity index (χ3v) is 4.71. The van der Waals surface area contributed by atoms with E-state index in [2.05, 4.69) is 46.4 Å². The highest BCUT2D eigenvalue weighted by Crippen LogP contribution is 2.33. The molecule has 0 saturated carbocycles. The second kappa shape index (κ2) is 4.69. The van der Waals surface area contributed by atoms with Crippen molar-refractivity contribution in [1.29, 1.82) is 0 Å². The molecule has 2 aromatic rings. The van der Waals surface area contributed by atoms with Gasteiger partial charge in [-0.3, -0.25) is 0 Å². The number of rotatable bonds is 2. The lowest BCUT2D eigenvalue weighted by molar-refractivity contribution is 1.17. The molecule has 78 valence electrons. The minimum Gasteiger partial charge on any atom is -0.147 e. The summed E-state index contributed by atoms with van der Waals surface area (Å²) in [6.07, 6.45) is 0. The van der Waals surface area contributed by atoms with E-state index in [1.807, 2.05) is 12.1 Å². The highest BCUT2D eigenvalue weighted by atomic mass is 79.9. The largest absolute Gasteiger partial charge is 0.147 e. The fourth-order valence-corrected chi connectivity index (χ4v) is 2.76. The van der Waals surface area contributed by atoms with Gasteiger partial charge in [-0.15, -0.1) is 22.9 Å². The molecule has 1 atom stereocenters. The molecule has 2 rings (SSSR count). The standard InChI is InChI=1S/C12H10BrClS/c1-8-7-9(4-5-10(8)13)12(14)11-3-2-6-15-11/h2-7,12H,1H3. The van der Waals surface area contributed by atoms with Crippen LogP contribution in [0.2, 0.25) is 0 Å². The number of thiophene rings is 1. The number of halogens is 2. The van der Waals surface area contributed by atoms with Crippen LogP contribution in [0.15, 0.2) is 40.2 Å². The van der Waals surface area contributed by atoms with Crippen LogP contribution in [0.3, 0.4) is 0 Å². The topological polar surface area (TPSA) is 0 Å². The van der Waals surface area contributed by atoms with Crippen molar-refractivity contribution in [1.82, 2.24) is 0 Å². The molecule has 3 heteroatoms. The van der Waals surface area contributed by atoms with E-state index in [0.717, 1.165) is 10.0 Å². The van der Waals surface area contributed by atoms with Gasteiger partial charge in [0.05, 0.1) is 5.38 Å². The second-order valence-corrected chi connectivity index (χ2v) is 5.66. The summed E-state index contributed by atoms with van der Waals surface area (Å²) in [6, 6.07) is 10.3. The molecule has 0 amide bonds. The molecule has 1 aromatic heterocycles. The van der Waals surface area contributed by atoms with Crippen LogP contribution in [-0.2, 0) is 0 Å². The van der Waals surface area contributed by atoms with Crippen LogP contribution in [-0.4, -0.2) is 0 Å². The minimum absolute atomic E-state index is 0.0307. The Labute approximate surface area is 107 Å².